The Morgan fingerprint density at radius 1 is 1.03 bits per heavy atom. The molecule has 0 spiro atoms. The van der Waals surface area contributed by atoms with Crippen molar-refractivity contribution in [3.63, 3.8) is 0 Å². The van der Waals surface area contributed by atoms with Gasteiger partial charge in [0.1, 0.15) is 11.5 Å². The Kier molecular flexibility index (Phi) is 7.56. The third-order valence-electron chi connectivity index (χ3n) is 5.86. The number of carbonyl (C=O) groups excluding carboxylic acids is 2. The van der Waals surface area contributed by atoms with E-state index in [0.717, 1.165) is 5.56 Å². The predicted octanol–water partition coefficient (Wildman–Crippen LogP) is 5.99. The van der Waals surface area contributed by atoms with Crippen molar-refractivity contribution < 1.29 is 32.2 Å². The average molecular weight is 514 g/mol. The molecule has 1 saturated heterocycles. The van der Waals surface area contributed by atoms with E-state index in [9.17, 15) is 22.8 Å². The second kappa shape index (κ2) is 10.8. The van der Waals surface area contributed by atoms with Crippen molar-refractivity contribution >= 4 is 23.3 Å². The highest BCUT2D eigenvalue weighted by Gasteiger charge is 2.32. The number of para-hydroxylation sites is 1. The van der Waals surface area contributed by atoms with Crippen LogP contribution < -0.4 is 19.7 Å². The topological polar surface area (TPSA) is 71.1 Å². The molecule has 0 aliphatic carbocycles. The average Bonchev–Trinajstić information content (AvgIpc) is 2.85. The molecule has 3 aromatic rings. The maximum absolute atomic E-state index is 13.4. The zero-order chi connectivity index (χ0) is 26.6. The van der Waals surface area contributed by atoms with Crippen molar-refractivity contribution in [3.8, 4) is 11.5 Å². The van der Waals surface area contributed by atoms with Gasteiger partial charge in [-0.25, -0.2) is 4.79 Å². The molecule has 194 valence electrons. The van der Waals surface area contributed by atoms with Crippen LogP contribution in [0.5, 0.6) is 11.5 Å². The maximum atomic E-state index is 13.4. The number of methoxy groups -OCH3 is 1. The highest BCUT2D eigenvalue weighted by Crippen LogP contribution is 2.32. The fraction of sp³-hybridized carbons (Fsp3) is 0.259. The summed E-state index contributed by atoms with van der Waals surface area (Å²) < 4.78 is 47.1. The summed E-state index contributed by atoms with van der Waals surface area (Å²) in [5, 5.41) is 2.90. The molecule has 3 amide bonds. The van der Waals surface area contributed by atoms with E-state index >= 15 is 0 Å². The number of urea groups is 1. The van der Waals surface area contributed by atoms with Gasteiger partial charge in [-0.1, -0.05) is 30.3 Å². The summed E-state index contributed by atoms with van der Waals surface area (Å²) in [6.07, 6.45) is -4.16. The number of amides is 3. The van der Waals surface area contributed by atoms with Crippen LogP contribution in [0, 0.1) is 6.92 Å². The molecule has 1 heterocycles. The van der Waals surface area contributed by atoms with E-state index in [-0.39, 0.29) is 24.2 Å². The Bertz CT molecular complexity index is 1300. The first kappa shape index (κ1) is 25.9. The van der Waals surface area contributed by atoms with Crippen molar-refractivity contribution in [1.29, 1.82) is 0 Å². The zero-order valence-corrected chi connectivity index (χ0v) is 20.3. The third-order valence-corrected chi connectivity index (χ3v) is 5.86. The van der Waals surface area contributed by atoms with Gasteiger partial charge >= 0.3 is 12.4 Å². The molecule has 0 unspecified atom stereocenters. The molecule has 0 radical (unpaired) electrons. The number of rotatable bonds is 7. The highest BCUT2D eigenvalue weighted by molar-refractivity contribution is 6.09. The van der Waals surface area contributed by atoms with Gasteiger partial charge in [0.05, 0.1) is 24.0 Å². The van der Waals surface area contributed by atoms with Crippen LogP contribution in [0.25, 0.3) is 0 Å². The lowest BCUT2D eigenvalue weighted by atomic mass is 10.1. The van der Waals surface area contributed by atoms with Crippen LogP contribution in [0.4, 0.5) is 29.3 Å². The van der Waals surface area contributed by atoms with E-state index < -0.39 is 6.36 Å². The summed E-state index contributed by atoms with van der Waals surface area (Å²) in [4.78, 5) is 29.6. The van der Waals surface area contributed by atoms with Crippen molar-refractivity contribution in [1.82, 2.24) is 4.90 Å². The third kappa shape index (κ3) is 6.32. The molecule has 1 fully saturated rings. The molecule has 0 saturated carbocycles. The molecule has 7 nitrogen and oxygen atoms in total. The first-order valence-corrected chi connectivity index (χ1v) is 11.6. The maximum Gasteiger partial charge on any atom is 0.573 e. The van der Waals surface area contributed by atoms with Crippen LogP contribution in [0.15, 0.2) is 66.7 Å². The summed E-state index contributed by atoms with van der Waals surface area (Å²) in [7, 11) is 1.48. The fourth-order valence-electron chi connectivity index (χ4n) is 4.22. The predicted molar refractivity (Wildman–Crippen MR) is 133 cm³/mol. The number of aryl methyl sites for hydroxylation is 1. The minimum atomic E-state index is -4.80. The van der Waals surface area contributed by atoms with Gasteiger partial charge < -0.3 is 19.7 Å². The van der Waals surface area contributed by atoms with Gasteiger partial charge in [-0.15, -0.1) is 13.2 Å². The number of anilines is 2. The summed E-state index contributed by atoms with van der Waals surface area (Å²) in [5.41, 5.74) is 2.74. The minimum absolute atomic E-state index is 0.110. The molecule has 0 atom stereocenters. The van der Waals surface area contributed by atoms with Gasteiger partial charge in [0.2, 0.25) is 0 Å². The van der Waals surface area contributed by atoms with E-state index in [1.54, 1.807) is 52.3 Å². The van der Waals surface area contributed by atoms with Crippen molar-refractivity contribution in [2.45, 2.75) is 26.3 Å². The van der Waals surface area contributed by atoms with Gasteiger partial charge in [-0.3, -0.25) is 9.69 Å². The Morgan fingerprint density at radius 2 is 1.81 bits per heavy atom. The van der Waals surface area contributed by atoms with Gasteiger partial charge in [0, 0.05) is 19.6 Å². The number of hydrogen-bond acceptors (Lipinski definition) is 4. The van der Waals surface area contributed by atoms with Crippen LogP contribution in [0.1, 0.15) is 27.9 Å². The molecule has 0 bridgehead atoms. The van der Waals surface area contributed by atoms with Crippen LogP contribution in [-0.4, -0.2) is 43.4 Å². The van der Waals surface area contributed by atoms with Gasteiger partial charge in [-0.2, -0.15) is 0 Å². The second-order valence-electron chi connectivity index (χ2n) is 8.58. The molecule has 4 rings (SSSR count). The zero-order valence-electron chi connectivity index (χ0n) is 20.3. The molecule has 0 aromatic heterocycles. The van der Waals surface area contributed by atoms with Crippen LogP contribution in [0.2, 0.25) is 0 Å². The normalized spacial score (nSPS) is 13.9. The summed E-state index contributed by atoms with van der Waals surface area (Å²) in [6.45, 7) is 2.85. The molecular formula is C27H26F3N3O4. The number of halogens is 3. The number of ether oxygens (including phenoxy) is 2. The standard InChI is InChI=1S/C27H26F3N3O4/c1-18-11-12-23(22(15-18)31-25(34)21-9-3-4-10-24(21)36-2)33-14-6-13-32(26(33)35)17-19-7-5-8-20(16-19)37-27(28,29)30/h3-5,7-12,15-16H,6,13-14,17H2,1-2H3,(H,31,34). The van der Waals surface area contributed by atoms with Crippen LogP contribution >= 0.6 is 0 Å². The Hall–Kier alpha value is -4.21. The van der Waals surface area contributed by atoms with Crippen LogP contribution in [0.3, 0.4) is 0 Å². The number of nitrogens with one attached hydrogen (secondary N) is 1. The molecule has 1 N–H and O–H groups in total. The lowest BCUT2D eigenvalue weighted by Crippen LogP contribution is -2.49. The monoisotopic (exact) mass is 513 g/mol. The van der Waals surface area contributed by atoms with E-state index in [1.165, 1.54) is 25.3 Å². The summed E-state index contributed by atoms with van der Waals surface area (Å²) in [6, 6.07) is 17.5. The van der Waals surface area contributed by atoms with Gasteiger partial charge in [0.15, 0.2) is 0 Å². The van der Waals surface area contributed by atoms with Crippen molar-refractivity contribution in [2.75, 3.05) is 30.4 Å². The van der Waals surface area contributed by atoms with Crippen molar-refractivity contribution in [3.05, 3.63) is 83.4 Å². The Labute approximate surface area is 212 Å². The summed E-state index contributed by atoms with van der Waals surface area (Å²) >= 11 is 0. The Balaban J connectivity index is 1.55. The fourth-order valence-corrected chi connectivity index (χ4v) is 4.22. The number of nitrogens with zero attached hydrogens (tertiary/aromatic N) is 2. The van der Waals surface area contributed by atoms with Crippen LogP contribution in [-0.2, 0) is 6.54 Å². The quantitative estimate of drug-likeness (QED) is 0.422. The number of hydrogen-bond donors (Lipinski definition) is 1. The summed E-state index contributed by atoms with van der Waals surface area (Å²) in [5.74, 6) is -0.301. The first-order chi connectivity index (χ1) is 17.6. The molecule has 1 aliphatic rings. The lowest BCUT2D eigenvalue weighted by molar-refractivity contribution is -0.274. The molecular weight excluding hydrogens is 487 g/mol. The number of carbonyl (C=O) groups is 2. The largest absolute Gasteiger partial charge is 0.573 e. The molecule has 37 heavy (non-hydrogen) atoms. The highest BCUT2D eigenvalue weighted by atomic mass is 19.4. The Morgan fingerprint density at radius 3 is 2.57 bits per heavy atom. The van der Waals surface area contributed by atoms with E-state index in [0.29, 0.717) is 47.8 Å². The van der Waals surface area contributed by atoms with E-state index in [1.807, 2.05) is 13.0 Å². The molecule has 10 heteroatoms. The molecule has 1 aliphatic heterocycles. The SMILES string of the molecule is COc1ccccc1C(=O)Nc1cc(C)ccc1N1CCCN(Cc2cccc(OC(F)(F)F)c2)C1=O. The lowest BCUT2D eigenvalue weighted by Gasteiger charge is -2.36. The second-order valence-corrected chi connectivity index (χ2v) is 8.58. The molecule has 3 aromatic carbocycles. The van der Waals surface area contributed by atoms with E-state index in [4.69, 9.17) is 4.74 Å². The number of alkyl halides is 3. The minimum Gasteiger partial charge on any atom is -0.496 e. The van der Waals surface area contributed by atoms with Crippen molar-refractivity contribution in [2.24, 2.45) is 0 Å². The first-order valence-electron chi connectivity index (χ1n) is 11.6. The smallest absolute Gasteiger partial charge is 0.496 e. The number of benzene rings is 3. The van der Waals surface area contributed by atoms with Gasteiger partial charge in [0.25, 0.3) is 5.91 Å². The van der Waals surface area contributed by atoms with E-state index in [2.05, 4.69) is 10.1 Å². The van der Waals surface area contributed by atoms with Gasteiger partial charge in [-0.05, 0) is 60.9 Å².